The van der Waals surface area contributed by atoms with Crippen LogP contribution in [0.3, 0.4) is 0 Å². The van der Waals surface area contributed by atoms with Gasteiger partial charge < -0.3 is 15.5 Å². The van der Waals surface area contributed by atoms with Crippen LogP contribution >= 0.6 is 0 Å². The van der Waals surface area contributed by atoms with Gasteiger partial charge in [-0.25, -0.2) is 0 Å². The Morgan fingerprint density at radius 1 is 1.19 bits per heavy atom. The molecule has 1 fully saturated rings. The summed E-state index contributed by atoms with van der Waals surface area (Å²) < 4.78 is 37.1. The predicted molar refractivity (Wildman–Crippen MR) is 99.6 cm³/mol. The molecule has 150 valence electrons. The molecule has 0 saturated heterocycles. The Balaban J connectivity index is 1.90. The molecule has 0 bridgehead atoms. The zero-order valence-corrected chi connectivity index (χ0v) is 15.8. The number of guanidine groups is 1. The average molecular weight is 384 g/mol. The van der Waals surface area contributed by atoms with Gasteiger partial charge in [0.1, 0.15) is 6.54 Å². The molecule has 0 aromatic heterocycles. The highest BCUT2D eigenvalue weighted by Crippen LogP contribution is 2.40. The quantitative estimate of drug-likeness (QED) is 0.586. The number of rotatable bonds is 6. The van der Waals surface area contributed by atoms with E-state index in [4.69, 9.17) is 0 Å². The second-order valence-corrected chi connectivity index (χ2v) is 7.00. The monoisotopic (exact) mass is 384 g/mol. The van der Waals surface area contributed by atoms with Crippen molar-refractivity contribution in [3.63, 3.8) is 0 Å². The van der Waals surface area contributed by atoms with Crippen LogP contribution in [0.5, 0.6) is 0 Å². The first-order valence-electron chi connectivity index (χ1n) is 9.06. The summed E-state index contributed by atoms with van der Waals surface area (Å²) in [7, 11) is 2.71. The molecule has 0 atom stereocenters. The van der Waals surface area contributed by atoms with Crippen molar-refractivity contribution in [1.82, 2.24) is 15.5 Å². The number of benzene rings is 1. The summed E-state index contributed by atoms with van der Waals surface area (Å²) in [6.45, 7) is -0.857. The Morgan fingerprint density at radius 2 is 1.81 bits per heavy atom. The lowest BCUT2D eigenvalue weighted by molar-refractivity contribution is -0.157. The van der Waals surface area contributed by atoms with Gasteiger partial charge >= 0.3 is 6.18 Å². The van der Waals surface area contributed by atoms with E-state index in [2.05, 4.69) is 27.8 Å². The standard InChI is InChI=1S/C19H27F3N4O/c1-23-17(24-12-16(27)26(2)14-19(20,21)22)25-13-18(10-6-7-11-18)15-8-4-3-5-9-15/h3-5,8-9H,6-7,10-14H2,1-2H3,(H2,23,24,25). The summed E-state index contributed by atoms with van der Waals surface area (Å²) in [5.74, 6) is -0.236. The van der Waals surface area contributed by atoms with Gasteiger partial charge in [0.15, 0.2) is 5.96 Å². The van der Waals surface area contributed by atoms with Gasteiger partial charge in [0, 0.05) is 26.1 Å². The molecular formula is C19H27F3N4O. The Morgan fingerprint density at radius 3 is 2.37 bits per heavy atom. The number of halogens is 3. The Hall–Kier alpha value is -2.25. The Labute approximate surface area is 158 Å². The van der Waals surface area contributed by atoms with Crippen molar-refractivity contribution in [3.05, 3.63) is 35.9 Å². The van der Waals surface area contributed by atoms with Crippen LogP contribution in [0.15, 0.2) is 35.3 Å². The molecule has 5 nitrogen and oxygen atoms in total. The first kappa shape index (κ1) is 21.1. The molecule has 0 spiro atoms. The van der Waals surface area contributed by atoms with Gasteiger partial charge in [0.2, 0.25) is 5.91 Å². The molecule has 27 heavy (non-hydrogen) atoms. The highest BCUT2D eigenvalue weighted by atomic mass is 19.4. The summed E-state index contributed by atoms with van der Waals surface area (Å²) in [5.41, 5.74) is 1.28. The zero-order chi connectivity index (χ0) is 19.9. The lowest BCUT2D eigenvalue weighted by Gasteiger charge is -2.31. The fourth-order valence-corrected chi connectivity index (χ4v) is 3.54. The molecule has 0 unspecified atom stereocenters. The molecule has 8 heteroatoms. The van der Waals surface area contributed by atoms with E-state index >= 15 is 0 Å². The van der Waals surface area contributed by atoms with E-state index < -0.39 is 18.6 Å². The summed E-state index contributed by atoms with van der Waals surface area (Å²) in [6, 6.07) is 10.3. The van der Waals surface area contributed by atoms with Gasteiger partial charge in [-0.15, -0.1) is 0 Å². The topological polar surface area (TPSA) is 56.7 Å². The van der Waals surface area contributed by atoms with Crippen molar-refractivity contribution in [2.75, 3.05) is 33.7 Å². The number of hydrogen-bond acceptors (Lipinski definition) is 2. The van der Waals surface area contributed by atoms with Crippen molar-refractivity contribution < 1.29 is 18.0 Å². The van der Waals surface area contributed by atoms with Crippen LogP contribution < -0.4 is 10.6 Å². The number of nitrogens with zero attached hydrogens (tertiary/aromatic N) is 2. The zero-order valence-electron chi connectivity index (χ0n) is 15.8. The number of aliphatic imine (C=N–C) groups is 1. The van der Waals surface area contributed by atoms with Gasteiger partial charge in [-0.2, -0.15) is 13.2 Å². The number of alkyl halides is 3. The van der Waals surface area contributed by atoms with E-state index in [-0.39, 0.29) is 12.0 Å². The molecule has 1 aromatic carbocycles. The number of hydrogen-bond donors (Lipinski definition) is 2. The van der Waals surface area contributed by atoms with Crippen LogP contribution in [0.4, 0.5) is 13.2 Å². The van der Waals surface area contributed by atoms with Crippen LogP contribution in [0.2, 0.25) is 0 Å². The largest absolute Gasteiger partial charge is 0.406 e. The third-order valence-corrected chi connectivity index (χ3v) is 5.01. The lowest BCUT2D eigenvalue weighted by Crippen LogP contribution is -2.48. The fraction of sp³-hybridized carbons (Fsp3) is 0.579. The molecule has 1 aliphatic rings. The highest BCUT2D eigenvalue weighted by molar-refractivity contribution is 5.86. The SMILES string of the molecule is CN=C(NCC(=O)N(C)CC(F)(F)F)NCC1(c2ccccc2)CCCC1. The van der Waals surface area contributed by atoms with E-state index in [9.17, 15) is 18.0 Å². The van der Waals surface area contributed by atoms with Crippen molar-refractivity contribution in [2.45, 2.75) is 37.3 Å². The lowest BCUT2D eigenvalue weighted by atomic mass is 9.79. The number of carbonyl (C=O) groups is 1. The third-order valence-electron chi connectivity index (χ3n) is 5.01. The molecule has 0 aliphatic heterocycles. The second kappa shape index (κ2) is 9.10. The van der Waals surface area contributed by atoms with Gasteiger partial charge in [-0.3, -0.25) is 9.79 Å². The van der Waals surface area contributed by atoms with Crippen molar-refractivity contribution in [3.8, 4) is 0 Å². The number of likely N-dealkylation sites (N-methyl/N-ethyl adjacent to an activating group) is 1. The molecule has 2 rings (SSSR count). The molecule has 0 radical (unpaired) electrons. The molecule has 0 heterocycles. The van der Waals surface area contributed by atoms with Crippen LogP contribution in [0.1, 0.15) is 31.2 Å². The van der Waals surface area contributed by atoms with Gasteiger partial charge in [0.25, 0.3) is 0 Å². The maximum atomic E-state index is 12.4. The number of amides is 1. The minimum absolute atomic E-state index is 0.00989. The smallest absolute Gasteiger partial charge is 0.356 e. The van der Waals surface area contributed by atoms with Crippen LogP contribution in [0.25, 0.3) is 0 Å². The number of carbonyl (C=O) groups excluding carboxylic acids is 1. The van der Waals surface area contributed by atoms with Crippen LogP contribution in [0, 0.1) is 0 Å². The average Bonchev–Trinajstić information content (AvgIpc) is 3.11. The van der Waals surface area contributed by atoms with E-state index in [0.717, 1.165) is 32.7 Å². The highest BCUT2D eigenvalue weighted by Gasteiger charge is 2.35. The van der Waals surface area contributed by atoms with Gasteiger partial charge in [0.05, 0.1) is 6.54 Å². The van der Waals surface area contributed by atoms with E-state index in [0.29, 0.717) is 17.4 Å². The maximum Gasteiger partial charge on any atom is 0.406 e. The molecule has 2 N–H and O–H groups in total. The van der Waals surface area contributed by atoms with Crippen molar-refractivity contribution in [1.29, 1.82) is 0 Å². The molecular weight excluding hydrogens is 357 g/mol. The van der Waals surface area contributed by atoms with Crippen LogP contribution in [-0.4, -0.2) is 56.7 Å². The van der Waals surface area contributed by atoms with E-state index in [1.807, 2.05) is 18.2 Å². The predicted octanol–water partition coefficient (Wildman–Crippen LogP) is 2.68. The number of nitrogens with one attached hydrogen (secondary N) is 2. The van der Waals surface area contributed by atoms with Crippen LogP contribution in [-0.2, 0) is 10.2 Å². The Bertz CT molecular complexity index is 640. The molecule has 1 aromatic rings. The minimum Gasteiger partial charge on any atom is -0.356 e. The summed E-state index contributed by atoms with van der Waals surface area (Å²) in [4.78, 5) is 16.6. The molecule has 1 saturated carbocycles. The van der Waals surface area contributed by atoms with Crippen molar-refractivity contribution in [2.24, 2.45) is 4.99 Å². The summed E-state index contributed by atoms with van der Waals surface area (Å²) >= 11 is 0. The van der Waals surface area contributed by atoms with Gasteiger partial charge in [-0.05, 0) is 18.4 Å². The first-order chi connectivity index (χ1) is 12.8. The van der Waals surface area contributed by atoms with E-state index in [1.165, 1.54) is 5.56 Å². The Kier molecular flexibility index (Phi) is 7.10. The normalized spacial score (nSPS) is 16.9. The molecule has 1 amide bonds. The van der Waals surface area contributed by atoms with Gasteiger partial charge in [-0.1, -0.05) is 43.2 Å². The maximum absolute atomic E-state index is 12.4. The third kappa shape index (κ3) is 6.15. The summed E-state index contributed by atoms with van der Waals surface area (Å²) in [6.07, 6.45) is 0.0318. The molecule has 1 aliphatic carbocycles. The van der Waals surface area contributed by atoms with E-state index in [1.54, 1.807) is 7.05 Å². The fourth-order valence-electron chi connectivity index (χ4n) is 3.54. The first-order valence-corrected chi connectivity index (χ1v) is 9.06. The summed E-state index contributed by atoms with van der Waals surface area (Å²) in [5, 5.41) is 6.05. The van der Waals surface area contributed by atoms with Crippen molar-refractivity contribution >= 4 is 11.9 Å². The minimum atomic E-state index is -4.41. The second-order valence-electron chi connectivity index (χ2n) is 7.00.